The third-order valence-electron chi connectivity index (χ3n) is 4.03. The molecule has 1 heterocycles. The van der Waals surface area contributed by atoms with Gasteiger partial charge in [0, 0.05) is 22.5 Å². The van der Waals surface area contributed by atoms with Gasteiger partial charge in [0.15, 0.2) is 0 Å². The maximum absolute atomic E-state index is 6.10. The maximum atomic E-state index is 6.10. The van der Waals surface area contributed by atoms with E-state index in [0.29, 0.717) is 12.0 Å². The number of rotatable bonds is 5. The molecule has 110 valence electrons. The zero-order valence-corrected chi connectivity index (χ0v) is 12.9. The third kappa shape index (κ3) is 3.22. The molecule has 0 saturated heterocycles. The van der Waals surface area contributed by atoms with E-state index in [1.165, 1.54) is 11.1 Å². The predicted molar refractivity (Wildman–Crippen MR) is 87.3 cm³/mol. The molecule has 0 amide bonds. The molecule has 3 heteroatoms. The van der Waals surface area contributed by atoms with E-state index < -0.39 is 0 Å². The van der Waals surface area contributed by atoms with Crippen molar-refractivity contribution in [2.24, 2.45) is 0 Å². The number of likely N-dealkylation sites (N-methyl/N-ethyl adjacent to an activating group) is 1. The van der Waals surface area contributed by atoms with Crippen LogP contribution in [0.2, 0.25) is 5.02 Å². The minimum atomic E-state index is 0.358. The van der Waals surface area contributed by atoms with Gasteiger partial charge in [0.05, 0.1) is 6.61 Å². The van der Waals surface area contributed by atoms with Crippen LogP contribution in [0.3, 0.4) is 0 Å². The molecule has 21 heavy (non-hydrogen) atoms. The zero-order valence-electron chi connectivity index (χ0n) is 12.2. The first-order chi connectivity index (χ1) is 10.3. The summed E-state index contributed by atoms with van der Waals surface area (Å²) in [5, 5.41) is 4.41. The molecule has 1 N–H and O–H groups in total. The Kier molecular flexibility index (Phi) is 4.47. The topological polar surface area (TPSA) is 21.3 Å². The second-order valence-electron chi connectivity index (χ2n) is 5.45. The minimum Gasteiger partial charge on any atom is -0.493 e. The Morgan fingerprint density at radius 3 is 2.90 bits per heavy atom. The number of fused-ring (bicyclic) bond motifs is 1. The Labute approximate surface area is 131 Å². The molecule has 0 bridgehead atoms. The highest BCUT2D eigenvalue weighted by Crippen LogP contribution is 2.36. The molecule has 0 saturated carbocycles. The zero-order chi connectivity index (χ0) is 14.7. The first kappa shape index (κ1) is 14.4. The third-order valence-corrected chi connectivity index (χ3v) is 4.27. The Balaban J connectivity index is 1.82. The van der Waals surface area contributed by atoms with Gasteiger partial charge in [-0.1, -0.05) is 48.9 Å². The largest absolute Gasteiger partial charge is 0.493 e. The summed E-state index contributed by atoms with van der Waals surface area (Å²) in [6.07, 6.45) is 0.955. The molecule has 0 aromatic heterocycles. The highest BCUT2D eigenvalue weighted by Gasteiger charge is 2.30. The van der Waals surface area contributed by atoms with Gasteiger partial charge in [-0.15, -0.1) is 0 Å². The van der Waals surface area contributed by atoms with E-state index in [4.69, 9.17) is 16.3 Å². The van der Waals surface area contributed by atoms with Crippen LogP contribution in [-0.2, 0) is 6.42 Å². The van der Waals surface area contributed by atoms with Crippen LogP contribution in [0, 0.1) is 0 Å². The van der Waals surface area contributed by atoms with Gasteiger partial charge in [0.1, 0.15) is 5.75 Å². The standard InChI is InChI=1S/C18H20ClNO/c1-2-20-17(11-13-6-5-7-14(19)10-13)16-12-21-18-9-4-3-8-15(16)18/h3-10,16-17,20H,2,11-12H2,1H3. The summed E-state index contributed by atoms with van der Waals surface area (Å²) in [6, 6.07) is 16.8. The average Bonchev–Trinajstić information content (AvgIpc) is 2.91. The molecule has 2 nitrogen and oxygen atoms in total. The lowest BCUT2D eigenvalue weighted by Crippen LogP contribution is -2.37. The van der Waals surface area contributed by atoms with Crippen LogP contribution in [0.1, 0.15) is 24.0 Å². The quantitative estimate of drug-likeness (QED) is 0.900. The summed E-state index contributed by atoms with van der Waals surface area (Å²) in [5.41, 5.74) is 2.57. The summed E-state index contributed by atoms with van der Waals surface area (Å²) >= 11 is 6.10. The second kappa shape index (κ2) is 6.50. The Bertz CT molecular complexity index is 614. The normalized spacial score (nSPS) is 18.1. The van der Waals surface area contributed by atoms with Crippen molar-refractivity contribution in [3.05, 3.63) is 64.7 Å². The molecule has 2 atom stereocenters. The van der Waals surface area contributed by atoms with Crippen LogP contribution < -0.4 is 10.1 Å². The van der Waals surface area contributed by atoms with Crippen molar-refractivity contribution in [2.75, 3.05) is 13.2 Å². The van der Waals surface area contributed by atoms with Crippen molar-refractivity contribution in [3.8, 4) is 5.75 Å². The molecule has 0 spiro atoms. The van der Waals surface area contributed by atoms with Gasteiger partial charge in [0.25, 0.3) is 0 Å². The smallest absolute Gasteiger partial charge is 0.122 e. The summed E-state index contributed by atoms with van der Waals surface area (Å²) in [5.74, 6) is 1.41. The van der Waals surface area contributed by atoms with Crippen molar-refractivity contribution < 1.29 is 4.74 Å². The highest BCUT2D eigenvalue weighted by atomic mass is 35.5. The van der Waals surface area contributed by atoms with E-state index in [0.717, 1.165) is 30.3 Å². The molecular formula is C18H20ClNO. The predicted octanol–water partition coefficient (Wildman–Crippen LogP) is 4.04. The first-order valence-corrected chi connectivity index (χ1v) is 7.85. The lowest BCUT2D eigenvalue weighted by molar-refractivity contribution is 0.298. The number of hydrogen-bond acceptors (Lipinski definition) is 2. The molecule has 3 rings (SSSR count). The van der Waals surface area contributed by atoms with Gasteiger partial charge in [-0.25, -0.2) is 0 Å². The van der Waals surface area contributed by atoms with Crippen LogP contribution in [0.5, 0.6) is 5.75 Å². The van der Waals surface area contributed by atoms with E-state index in [2.05, 4.69) is 36.5 Å². The van der Waals surface area contributed by atoms with Crippen molar-refractivity contribution in [2.45, 2.75) is 25.3 Å². The Morgan fingerprint density at radius 1 is 1.24 bits per heavy atom. The summed E-state index contributed by atoms with van der Waals surface area (Å²) in [4.78, 5) is 0. The van der Waals surface area contributed by atoms with Crippen LogP contribution >= 0.6 is 11.6 Å². The van der Waals surface area contributed by atoms with Crippen molar-refractivity contribution in [1.29, 1.82) is 0 Å². The highest BCUT2D eigenvalue weighted by molar-refractivity contribution is 6.30. The molecular weight excluding hydrogens is 282 g/mol. The monoisotopic (exact) mass is 301 g/mol. The minimum absolute atomic E-state index is 0.358. The number of nitrogens with one attached hydrogen (secondary N) is 1. The molecule has 1 aliphatic rings. The van der Waals surface area contributed by atoms with Gasteiger partial charge in [-0.3, -0.25) is 0 Å². The fourth-order valence-electron chi connectivity index (χ4n) is 3.06. The van der Waals surface area contributed by atoms with Crippen LogP contribution in [0.15, 0.2) is 48.5 Å². The number of para-hydroxylation sites is 1. The van der Waals surface area contributed by atoms with Gasteiger partial charge >= 0.3 is 0 Å². The van der Waals surface area contributed by atoms with Crippen molar-refractivity contribution in [3.63, 3.8) is 0 Å². The fraction of sp³-hybridized carbons (Fsp3) is 0.333. The van der Waals surface area contributed by atoms with Gasteiger partial charge in [-0.05, 0) is 36.7 Å². The van der Waals surface area contributed by atoms with E-state index >= 15 is 0 Å². The van der Waals surface area contributed by atoms with Crippen LogP contribution in [0.25, 0.3) is 0 Å². The average molecular weight is 302 g/mol. The molecule has 0 radical (unpaired) electrons. The molecule has 1 aliphatic heterocycles. The van der Waals surface area contributed by atoms with Crippen molar-refractivity contribution >= 4 is 11.6 Å². The van der Waals surface area contributed by atoms with Gasteiger partial charge in [0.2, 0.25) is 0 Å². The van der Waals surface area contributed by atoms with Gasteiger partial charge in [-0.2, -0.15) is 0 Å². The lowest BCUT2D eigenvalue weighted by Gasteiger charge is -2.24. The van der Waals surface area contributed by atoms with Crippen LogP contribution in [-0.4, -0.2) is 19.2 Å². The summed E-state index contributed by atoms with van der Waals surface area (Å²) in [7, 11) is 0. The van der Waals surface area contributed by atoms with Crippen molar-refractivity contribution in [1.82, 2.24) is 5.32 Å². The molecule has 0 aliphatic carbocycles. The number of benzene rings is 2. The van der Waals surface area contributed by atoms with Gasteiger partial charge < -0.3 is 10.1 Å². The lowest BCUT2D eigenvalue weighted by atomic mass is 9.89. The summed E-state index contributed by atoms with van der Waals surface area (Å²) < 4.78 is 5.83. The van der Waals surface area contributed by atoms with E-state index in [-0.39, 0.29) is 0 Å². The van der Waals surface area contributed by atoms with E-state index in [9.17, 15) is 0 Å². The second-order valence-corrected chi connectivity index (χ2v) is 5.89. The molecule has 2 aromatic rings. The molecule has 2 aromatic carbocycles. The fourth-order valence-corrected chi connectivity index (χ4v) is 3.27. The number of hydrogen-bond donors (Lipinski definition) is 1. The first-order valence-electron chi connectivity index (χ1n) is 7.47. The number of halogens is 1. The van der Waals surface area contributed by atoms with Crippen LogP contribution in [0.4, 0.5) is 0 Å². The Morgan fingerprint density at radius 2 is 2.10 bits per heavy atom. The molecule has 2 unspecified atom stereocenters. The SMILES string of the molecule is CCNC(Cc1cccc(Cl)c1)C1COc2ccccc21. The number of ether oxygens (including phenoxy) is 1. The summed E-state index contributed by atoms with van der Waals surface area (Å²) in [6.45, 7) is 3.84. The molecule has 0 fully saturated rings. The maximum Gasteiger partial charge on any atom is 0.122 e. The van der Waals surface area contributed by atoms with E-state index in [1.807, 2.05) is 24.3 Å². The van der Waals surface area contributed by atoms with E-state index in [1.54, 1.807) is 0 Å². The Hall–Kier alpha value is -1.51.